The number of carbonyl (C=O) groups excluding carboxylic acids is 2. The summed E-state index contributed by atoms with van der Waals surface area (Å²) < 4.78 is 16.9. The second kappa shape index (κ2) is 11.8. The van der Waals surface area contributed by atoms with Crippen LogP contribution in [0.15, 0.2) is 54.6 Å². The fourth-order valence-corrected chi connectivity index (χ4v) is 3.89. The van der Waals surface area contributed by atoms with Crippen molar-refractivity contribution in [3.8, 4) is 0 Å². The average molecular weight is 462 g/mol. The van der Waals surface area contributed by atoms with Gasteiger partial charge in [0.05, 0.1) is 0 Å². The van der Waals surface area contributed by atoms with E-state index in [0.29, 0.717) is 0 Å². The lowest BCUT2D eigenvalue weighted by Crippen LogP contribution is -2.50. The van der Waals surface area contributed by atoms with E-state index in [9.17, 15) is 23.9 Å². The van der Waals surface area contributed by atoms with Gasteiger partial charge >= 0.3 is 19.6 Å². The maximum atomic E-state index is 12.9. The molecule has 0 unspecified atom stereocenters. The fourth-order valence-electron chi connectivity index (χ4n) is 3.21. The topological polar surface area (TPSA) is 116 Å². The molecule has 2 aromatic carbocycles. The number of nitrogens with one attached hydrogen (secondary N) is 1. The van der Waals surface area contributed by atoms with Gasteiger partial charge in [-0.15, -0.1) is 0 Å². The highest BCUT2D eigenvalue weighted by Crippen LogP contribution is 2.35. The molecule has 2 amide bonds. The Morgan fingerprint density at radius 2 is 1.72 bits per heavy atom. The van der Waals surface area contributed by atoms with Crippen LogP contribution in [-0.2, 0) is 27.1 Å². The van der Waals surface area contributed by atoms with E-state index in [0.717, 1.165) is 21.6 Å². The number of urea groups is 1. The van der Waals surface area contributed by atoms with Gasteiger partial charge in [-0.05, 0) is 24.0 Å². The van der Waals surface area contributed by atoms with E-state index in [1.54, 1.807) is 0 Å². The zero-order valence-electron chi connectivity index (χ0n) is 18.6. The zero-order chi connectivity index (χ0) is 23.7. The van der Waals surface area contributed by atoms with Gasteiger partial charge in [0.25, 0.3) is 0 Å². The zero-order valence-corrected chi connectivity index (χ0v) is 19.5. The van der Waals surface area contributed by atoms with Crippen molar-refractivity contribution in [2.45, 2.75) is 39.8 Å². The number of carbonyl (C=O) groups is 2. The van der Waals surface area contributed by atoms with E-state index in [2.05, 4.69) is 5.32 Å². The SMILES string of the molecule is Cc1cccc(C[C@H](NC(=O)N(CC(C)C)CP(=O)(O)O)C(=O)OCc2ccccc2)c1. The molecule has 0 spiro atoms. The molecule has 0 bridgehead atoms. The Morgan fingerprint density at radius 1 is 1.06 bits per heavy atom. The monoisotopic (exact) mass is 462 g/mol. The third-order valence-corrected chi connectivity index (χ3v) is 5.27. The molecular weight excluding hydrogens is 431 g/mol. The second-order valence-corrected chi connectivity index (χ2v) is 9.82. The van der Waals surface area contributed by atoms with Crippen molar-refractivity contribution in [3.05, 3.63) is 71.3 Å². The maximum Gasteiger partial charge on any atom is 0.344 e. The summed E-state index contributed by atoms with van der Waals surface area (Å²) in [6, 6.07) is 15.0. The van der Waals surface area contributed by atoms with E-state index >= 15 is 0 Å². The smallest absolute Gasteiger partial charge is 0.344 e. The number of hydrogen-bond acceptors (Lipinski definition) is 4. The fraction of sp³-hybridized carbons (Fsp3) is 0.391. The summed E-state index contributed by atoms with van der Waals surface area (Å²) >= 11 is 0. The number of nitrogens with zero attached hydrogens (tertiary/aromatic N) is 1. The molecule has 0 fully saturated rings. The molecule has 1 atom stereocenters. The molecule has 2 rings (SSSR count). The predicted molar refractivity (Wildman–Crippen MR) is 122 cm³/mol. The summed E-state index contributed by atoms with van der Waals surface area (Å²) in [5.41, 5.74) is 2.65. The van der Waals surface area contributed by atoms with Gasteiger partial charge in [0.2, 0.25) is 0 Å². The summed E-state index contributed by atoms with van der Waals surface area (Å²) in [6.07, 6.45) is -0.542. The van der Waals surface area contributed by atoms with Crippen LogP contribution in [0.1, 0.15) is 30.5 Å². The first-order valence-corrected chi connectivity index (χ1v) is 12.2. The average Bonchev–Trinajstić information content (AvgIpc) is 2.70. The Balaban J connectivity index is 2.18. The lowest BCUT2D eigenvalue weighted by molar-refractivity contribution is -0.147. The quantitative estimate of drug-likeness (QED) is 0.368. The Kier molecular flexibility index (Phi) is 9.44. The Bertz CT molecular complexity index is 945. The highest BCUT2D eigenvalue weighted by molar-refractivity contribution is 7.51. The number of aryl methyl sites for hydroxylation is 1. The van der Waals surface area contributed by atoms with Gasteiger partial charge in [-0.25, -0.2) is 9.59 Å². The van der Waals surface area contributed by atoms with Gasteiger partial charge in [-0.1, -0.05) is 74.0 Å². The summed E-state index contributed by atoms with van der Waals surface area (Å²) in [5, 5.41) is 2.62. The van der Waals surface area contributed by atoms with Crippen LogP contribution in [-0.4, -0.2) is 45.6 Å². The van der Waals surface area contributed by atoms with Crippen molar-refractivity contribution in [1.29, 1.82) is 0 Å². The standard InChI is InChI=1S/C23H31N2O6P/c1-17(2)14-25(16-32(28,29)30)23(27)24-21(13-20-11-7-8-18(3)12-20)22(26)31-15-19-9-5-4-6-10-19/h4-12,17,21H,13-16H2,1-3H3,(H,24,27)(H2,28,29,30)/t21-/m0/s1. The van der Waals surface area contributed by atoms with Crippen LogP contribution >= 0.6 is 7.60 Å². The molecule has 2 aromatic rings. The number of rotatable bonds is 10. The number of ether oxygens (including phenoxy) is 1. The lowest BCUT2D eigenvalue weighted by Gasteiger charge is -2.27. The van der Waals surface area contributed by atoms with E-state index in [4.69, 9.17) is 4.74 Å². The molecule has 0 heterocycles. The van der Waals surface area contributed by atoms with Crippen LogP contribution in [0.3, 0.4) is 0 Å². The lowest BCUT2D eigenvalue weighted by atomic mass is 10.0. The van der Waals surface area contributed by atoms with Crippen LogP contribution in [0, 0.1) is 12.8 Å². The van der Waals surface area contributed by atoms with Gasteiger partial charge in [0.15, 0.2) is 0 Å². The van der Waals surface area contributed by atoms with Crippen molar-refractivity contribution in [2.75, 3.05) is 12.8 Å². The van der Waals surface area contributed by atoms with E-state index in [1.165, 1.54) is 0 Å². The molecule has 0 aliphatic carbocycles. The van der Waals surface area contributed by atoms with Crippen molar-refractivity contribution < 1.29 is 28.7 Å². The molecule has 9 heteroatoms. The second-order valence-electron chi connectivity index (χ2n) is 8.21. The maximum absolute atomic E-state index is 12.9. The van der Waals surface area contributed by atoms with Crippen LogP contribution in [0.5, 0.6) is 0 Å². The van der Waals surface area contributed by atoms with Gasteiger partial charge in [-0.2, -0.15) is 0 Å². The summed E-state index contributed by atoms with van der Waals surface area (Å²) in [7, 11) is -4.48. The highest BCUT2D eigenvalue weighted by atomic mass is 31.2. The third-order valence-electron chi connectivity index (χ3n) is 4.56. The van der Waals surface area contributed by atoms with E-state index in [1.807, 2.05) is 75.4 Å². The normalized spacial score (nSPS) is 12.3. The van der Waals surface area contributed by atoms with E-state index < -0.39 is 31.9 Å². The highest BCUT2D eigenvalue weighted by Gasteiger charge is 2.29. The van der Waals surface area contributed by atoms with Gasteiger partial charge < -0.3 is 24.7 Å². The molecule has 32 heavy (non-hydrogen) atoms. The summed E-state index contributed by atoms with van der Waals surface area (Å²) in [4.78, 5) is 45.5. The minimum atomic E-state index is -4.48. The Hall–Kier alpha value is -2.67. The first kappa shape index (κ1) is 25.6. The minimum absolute atomic E-state index is 0.0208. The Morgan fingerprint density at radius 3 is 2.31 bits per heavy atom. The molecule has 0 radical (unpaired) electrons. The third kappa shape index (κ3) is 9.22. The molecule has 0 saturated carbocycles. The Labute approximate surface area is 188 Å². The molecule has 3 N–H and O–H groups in total. The minimum Gasteiger partial charge on any atom is -0.459 e. The first-order valence-electron chi connectivity index (χ1n) is 10.4. The van der Waals surface area contributed by atoms with Crippen LogP contribution in [0.2, 0.25) is 0 Å². The molecule has 0 aliphatic heterocycles. The molecular formula is C23H31N2O6P. The molecule has 0 saturated heterocycles. The number of benzene rings is 2. The number of amides is 2. The number of esters is 1. The van der Waals surface area contributed by atoms with Crippen molar-refractivity contribution in [3.63, 3.8) is 0 Å². The van der Waals surface area contributed by atoms with Crippen molar-refractivity contribution in [2.24, 2.45) is 5.92 Å². The van der Waals surface area contributed by atoms with E-state index in [-0.39, 0.29) is 25.5 Å². The molecule has 8 nitrogen and oxygen atoms in total. The van der Waals surface area contributed by atoms with Gasteiger partial charge in [0, 0.05) is 13.0 Å². The van der Waals surface area contributed by atoms with Gasteiger partial charge in [-0.3, -0.25) is 4.57 Å². The number of hydrogen-bond donors (Lipinski definition) is 3. The van der Waals surface area contributed by atoms with Crippen LogP contribution in [0.25, 0.3) is 0 Å². The van der Waals surface area contributed by atoms with Crippen LogP contribution < -0.4 is 5.32 Å². The van der Waals surface area contributed by atoms with Crippen molar-refractivity contribution >= 4 is 19.6 Å². The van der Waals surface area contributed by atoms with Crippen molar-refractivity contribution in [1.82, 2.24) is 10.2 Å². The predicted octanol–water partition coefficient (Wildman–Crippen LogP) is 3.45. The summed E-state index contributed by atoms with van der Waals surface area (Å²) in [5.74, 6) is -0.642. The summed E-state index contributed by atoms with van der Waals surface area (Å²) in [6.45, 7) is 5.77. The first-order chi connectivity index (χ1) is 15.0. The van der Waals surface area contributed by atoms with Gasteiger partial charge in [0.1, 0.15) is 18.9 Å². The molecule has 174 valence electrons. The largest absolute Gasteiger partial charge is 0.459 e. The molecule has 0 aromatic heterocycles. The molecule has 0 aliphatic rings. The van der Waals surface area contributed by atoms with Crippen LogP contribution in [0.4, 0.5) is 4.79 Å².